The van der Waals surface area contributed by atoms with Crippen LogP contribution < -0.4 is 16.0 Å². The molecule has 3 unspecified atom stereocenters. The molecule has 1 aliphatic heterocycles. The Kier molecular flexibility index (Phi) is 3.99. The first-order valence-electron chi connectivity index (χ1n) is 7.39. The van der Waals surface area contributed by atoms with Crippen LogP contribution in [0.15, 0.2) is 24.3 Å². The third kappa shape index (κ3) is 3.19. The largest absolute Gasteiger partial charge is 0.416 e. The number of rotatable bonds is 3. The molecule has 3 rings (SSSR count). The quantitative estimate of drug-likeness (QED) is 0.802. The molecule has 3 atom stereocenters. The molecule has 0 spiro atoms. The van der Waals surface area contributed by atoms with Gasteiger partial charge in [0.25, 0.3) is 0 Å². The maximum atomic E-state index is 12.9. The van der Waals surface area contributed by atoms with Crippen LogP contribution in [-0.2, 0) is 12.7 Å². The first-order chi connectivity index (χ1) is 10.4. The van der Waals surface area contributed by atoms with Gasteiger partial charge in [-0.2, -0.15) is 13.2 Å². The number of halogens is 3. The predicted octanol–water partition coefficient (Wildman–Crippen LogP) is 2.40. The molecule has 1 aromatic rings. The van der Waals surface area contributed by atoms with Crippen LogP contribution in [0.3, 0.4) is 0 Å². The Morgan fingerprint density at radius 2 is 1.86 bits per heavy atom. The van der Waals surface area contributed by atoms with Crippen molar-refractivity contribution < 1.29 is 18.0 Å². The van der Waals surface area contributed by atoms with Gasteiger partial charge in [-0.25, -0.2) is 4.79 Å². The highest BCUT2D eigenvalue weighted by Gasteiger charge is 2.37. The van der Waals surface area contributed by atoms with Crippen LogP contribution in [0.5, 0.6) is 0 Å². The summed E-state index contributed by atoms with van der Waals surface area (Å²) in [6.07, 6.45) is -1.92. The first-order valence-corrected chi connectivity index (χ1v) is 7.39. The second-order valence-corrected chi connectivity index (χ2v) is 5.88. The smallest absolute Gasteiger partial charge is 0.333 e. The van der Waals surface area contributed by atoms with Gasteiger partial charge in [0.1, 0.15) is 0 Å². The molecule has 1 aliphatic carbocycles. The minimum Gasteiger partial charge on any atom is -0.333 e. The lowest BCUT2D eigenvalue weighted by molar-refractivity contribution is -0.138. The van der Waals surface area contributed by atoms with Crippen LogP contribution in [-0.4, -0.2) is 24.2 Å². The number of nitrogens with one attached hydrogen (secondary N) is 3. The van der Waals surface area contributed by atoms with Gasteiger partial charge in [0.2, 0.25) is 0 Å². The fourth-order valence-electron chi connectivity index (χ4n) is 3.27. The average molecular weight is 313 g/mol. The Morgan fingerprint density at radius 1 is 1.14 bits per heavy atom. The molecule has 0 aromatic heterocycles. The van der Waals surface area contributed by atoms with E-state index in [2.05, 4.69) is 16.0 Å². The molecule has 1 aromatic carbocycles. The first kappa shape index (κ1) is 15.1. The summed E-state index contributed by atoms with van der Waals surface area (Å²) < 4.78 is 38.8. The van der Waals surface area contributed by atoms with E-state index in [4.69, 9.17) is 0 Å². The summed E-state index contributed by atoms with van der Waals surface area (Å²) in [5.41, 5.74) is -0.335. The molecule has 2 fully saturated rings. The zero-order valence-electron chi connectivity index (χ0n) is 11.9. The predicted molar refractivity (Wildman–Crippen MR) is 75.2 cm³/mol. The van der Waals surface area contributed by atoms with Crippen molar-refractivity contribution >= 4 is 6.03 Å². The summed E-state index contributed by atoms with van der Waals surface area (Å²) in [5, 5.41) is 8.90. The molecule has 120 valence electrons. The Morgan fingerprint density at radius 3 is 2.64 bits per heavy atom. The van der Waals surface area contributed by atoms with E-state index in [-0.39, 0.29) is 36.3 Å². The fraction of sp³-hybridized carbons (Fsp3) is 0.533. The number of benzene rings is 1. The van der Waals surface area contributed by atoms with Crippen LogP contribution in [0.2, 0.25) is 0 Å². The molecule has 2 amide bonds. The summed E-state index contributed by atoms with van der Waals surface area (Å²) in [6, 6.07) is 5.79. The average Bonchev–Trinajstić information content (AvgIpc) is 2.83. The standard InChI is InChI=1S/C15H18F3N3O/c16-15(17,18)11-4-2-1-3-9(11)8-19-10-5-6-12-13(7-10)21-14(22)20-12/h1-4,10,12-13,19H,5-8H2,(H2,20,21,22). The van der Waals surface area contributed by atoms with Gasteiger partial charge in [0, 0.05) is 12.6 Å². The number of amides is 2. The van der Waals surface area contributed by atoms with Gasteiger partial charge in [-0.3, -0.25) is 0 Å². The number of alkyl halides is 3. The van der Waals surface area contributed by atoms with Crippen molar-refractivity contribution in [2.45, 2.75) is 50.1 Å². The highest BCUT2D eigenvalue weighted by molar-refractivity contribution is 5.77. The summed E-state index contributed by atoms with van der Waals surface area (Å²) >= 11 is 0. The number of hydrogen-bond acceptors (Lipinski definition) is 2. The molecule has 2 aliphatic rings. The number of hydrogen-bond donors (Lipinski definition) is 3. The molecule has 1 saturated carbocycles. The maximum absolute atomic E-state index is 12.9. The lowest BCUT2D eigenvalue weighted by Gasteiger charge is -2.31. The Hall–Kier alpha value is -1.76. The third-order valence-electron chi connectivity index (χ3n) is 4.39. The number of carbonyl (C=O) groups is 1. The molecular formula is C15H18F3N3O. The highest BCUT2D eigenvalue weighted by Crippen LogP contribution is 2.32. The summed E-state index contributed by atoms with van der Waals surface area (Å²) in [5.74, 6) is 0. The number of urea groups is 1. The van der Waals surface area contributed by atoms with Crippen molar-refractivity contribution in [1.29, 1.82) is 0 Å². The minimum atomic E-state index is -4.33. The molecule has 1 heterocycles. The SMILES string of the molecule is O=C1NC2CCC(NCc3ccccc3C(F)(F)F)CC2N1. The van der Waals surface area contributed by atoms with E-state index in [9.17, 15) is 18.0 Å². The van der Waals surface area contributed by atoms with Crippen molar-refractivity contribution in [1.82, 2.24) is 16.0 Å². The van der Waals surface area contributed by atoms with Gasteiger partial charge >= 0.3 is 12.2 Å². The number of fused-ring (bicyclic) bond motifs is 1. The highest BCUT2D eigenvalue weighted by atomic mass is 19.4. The molecule has 22 heavy (non-hydrogen) atoms. The van der Waals surface area contributed by atoms with Gasteiger partial charge in [0.15, 0.2) is 0 Å². The van der Waals surface area contributed by atoms with Gasteiger partial charge in [0.05, 0.1) is 17.6 Å². The minimum absolute atomic E-state index is 0.0663. The van der Waals surface area contributed by atoms with Crippen molar-refractivity contribution in [3.63, 3.8) is 0 Å². The van der Waals surface area contributed by atoms with Gasteiger partial charge in [-0.15, -0.1) is 0 Å². The third-order valence-corrected chi connectivity index (χ3v) is 4.39. The van der Waals surface area contributed by atoms with E-state index in [0.717, 1.165) is 25.3 Å². The molecule has 7 heteroatoms. The maximum Gasteiger partial charge on any atom is 0.416 e. The topological polar surface area (TPSA) is 53.2 Å². The second-order valence-electron chi connectivity index (χ2n) is 5.88. The van der Waals surface area contributed by atoms with Crippen LogP contribution in [0, 0.1) is 0 Å². The lowest BCUT2D eigenvalue weighted by atomic mass is 9.87. The molecule has 0 bridgehead atoms. The van der Waals surface area contributed by atoms with Crippen molar-refractivity contribution in [3.05, 3.63) is 35.4 Å². The van der Waals surface area contributed by atoms with Crippen LogP contribution in [0.25, 0.3) is 0 Å². The Balaban J connectivity index is 1.61. The zero-order valence-corrected chi connectivity index (χ0v) is 11.9. The Labute approximate surface area is 126 Å². The van der Waals surface area contributed by atoms with Crippen LogP contribution in [0.4, 0.5) is 18.0 Å². The van der Waals surface area contributed by atoms with Crippen molar-refractivity contribution in [2.24, 2.45) is 0 Å². The van der Waals surface area contributed by atoms with Gasteiger partial charge < -0.3 is 16.0 Å². The van der Waals surface area contributed by atoms with Crippen LogP contribution in [0.1, 0.15) is 30.4 Å². The fourth-order valence-corrected chi connectivity index (χ4v) is 3.27. The summed E-state index contributed by atoms with van der Waals surface area (Å²) in [6.45, 7) is 0.180. The van der Waals surface area contributed by atoms with Crippen molar-refractivity contribution in [2.75, 3.05) is 0 Å². The molecule has 3 N–H and O–H groups in total. The van der Waals surface area contributed by atoms with E-state index >= 15 is 0 Å². The molecular weight excluding hydrogens is 295 g/mol. The van der Waals surface area contributed by atoms with Gasteiger partial charge in [-0.1, -0.05) is 18.2 Å². The van der Waals surface area contributed by atoms with E-state index < -0.39 is 11.7 Å². The summed E-state index contributed by atoms with van der Waals surface area (Å²) in [4.78, 5) is 11.3. The second kappa shape index (κ2) is 5.79. The molecule has 4 nitrogen and oxygen atoms in total. The lowest BCUT2D eigenvalue weighted by Crippen LogP contribution is -2.46. The van der Waals surface area contributed by atoms with E-state index in [0.29, 0.717) is 0 Å². The van der Waals surface area contributed by atoms with E-state index in [1.807, 2.05) is 0 Å². The van der Waals surface area contributed by atoms with Gasteiger partial charge in [-0.05, 0) is 30.9 Å². The van der Waals surface area contributed by atoms with E-state index in [1.54, 1.807) is 6.07 Å². The normalized spacial score (nSPS) is 28.0. The van der Waals surface area contributed by atoms with Crippen molar-refractivity contribution in [3.8, 4) is 0 Å². The molecule has 0 radical (unpaired) electrons. The summed E-state index contributed by atoms with van der Waals surface area (Å²) in [7, 11) is 0. The Bertz CT molecular complexity index is 561. The van der Waals surface area contributed by atoms with E-state index in [1.165, 1.54) is 12.1 Å². The molecule has 1 saturated heterocycles. The zero-order chi connectivity index (χ0) is 15.7. The number of carbonyl (C=O) groups excluding carboxylic acids is 1. The monoisotopic (exact) mass is 313 g/mol. The van der Waals surface area contributed by atoms with Crippen LogP contribution >= 0.6 is 0 Å².